The van der Waals surface area contributed by atoms with E-state index in [0.29, 0.717) is 6.61 Å². The van der Waals surface area contributed by atoms with E-state index >= 15 is 0 Å². The van der Waals surface area contributed by atoms with Gasteiger partial charge >= 0.3 is 5.97 Å². The molecule has 1 fully saturated rings. The number of benzene rings is 2. The van der Waals surface area contributed by atoms with E-state index in [1.807, 2.05) is 32.0 Å². The summed E-state index contributed by atoms with van der Waals surface area (Å²) in [5, 5.41) is 9.37. The van der Waals surface area contributed by atoms with Gasteiger partial charge in [-0.15, -0.1) is 0 Å². The summed E-state index contributed by atoms with van der Waals surface area (Å²) in [4.78, 5) is 15.3. The molecule has 0 aromatic heterocycles. The molecule has 1 heterocycles. The van der Waals surface area contributed by atoms with Gasteiger partial charge in [0.25, 0.3) is 0 Å². The second-order valence-corrected chi connectivity index (χ2v) is 7.13. The number of carbonyl (C=O) groups is 1. The van der Waals surface area contributed by atoms with Crippen LogP contribution in [0.4, 0.5) is 0 Å². The third-order valence-electron chi connectivity index (χ3n) is 4.85. The number of carboxylic acids is 1. The Labute approximate surface area is 178 Å². The monoisotopic (exact) mass is 418 g/mol. The second-order valence-electron chi connectivity index (χ2n) is 6.69. The zero-order chi connectivity index (χ0) is 21.1. The fourth-order valence-corrected chi connectivity index (χ4v) is 3.62. The average Bonchev–Trinajstić information content (AvgIpc) is 2.76. The van der Waals surface area contributed by atoms with E-state index in [1.165, 1.54) is 11.1 Å². The quantitative estimate of drug-likeness (QED) is 0.652. The number of piperazine rings is 1. The Morgan fingerprint density at radius 3 is 2.17 bits per heavy atom. The fraction of sp³-hybridized carbons (Fsp3) is 0.435. The van der Waals surface area contributed by atoms with Crippen molar-refractivity contribution in [1.82, 2.24) is 9.80 Å². The summed E-state index contributed by atoms with van der Waals surface area (Å²) < 4.78 is 5.15. The Hall–Kier alpha value is -1.92. The van der Waals surface area contributed by atoms with Crippen LogP contribution in [0.25, 0.3) is 0 Å². The Morgan fingerprint density at radius 1 is 1.00 bits per heavy atom. The van der Waals surface area contributed by atoms with Crippen LogP contribution in [0.15, 0.2) is 54.6 Å². The first-order chi connectivity index (χ1) is 14.1. The SMILES string of the molecule is CC.O=C(O)COCCN1CCN([C@H](c2ccccc2)c2ccc(Cl)cc2)CC1. The Kier molecular flexibility index (Phi) is 10.2. The van der Waals surface area contributed by atoms with Crippen molar-refractivity contribution in [1.29, 1.82) is 0 Å². The van der Waals surface area contributed by atoms with E-state index in [0.717, 1.165) is 37.7 Å². The normalized spacial score (nSPS) is 16.0. The van der Waals surface area contributed by atoms with Gasteiger partial charge in [0.2, 0.25) is 0 Å². The van der Waals surface area contributed by atoms with Gasteiger partial charge in [0.1, 0.15) is 6.61 Å². The van der Waals surface area contributed by atoms with Crippen molar-refractivity contribution in [3.05, 3.63) is 70.7 Å². The van der Waals surface area contributed by atoms with Crippen LogP contribution in [-0.2, 0) is 9.53 Å². The van der Waals surface area contributed by atoms with Crippen molar-refractivity contribution < 1.29 is 14.6 Å². The molecule has 3 rings (SSSR count). The van der Waals surface area contributed by atoms with Crippen molar-refractivity contribution in [2.45, 2.75) is 19.9 Å². The molecule has 0 saturated carbocycles. The first-order valence-corrected chi connectivity index (χ1v) is 10.6. The lowest BCUT2D eigenvalue weighted by atomic mass is 9.96. The molecule has 0 aliphatic carbocycles. The minimum atomic E-state index is -0.923. The molecule has 2 aromatic carbocycles. The largest absolute Gasteiger partial charge is 0.480 e. The topological polar surface area (TPSA) is 53.0 Å². The Morgan fingerprint density at radius 2 is 1.59 bits per heavy atom. The van der Waals surface area contributed by atoms with Crippen LogP contribution in [0.5, 0.6) is 0 Å². The second kappa shape index (κ2) is 12.6. The van der Waals surface area contributed by atoms with Crippen LogP contribution in [0.2, 0.25) is 5.02 Å². The highest BCUT2D eigenvalue weighted by atomic mass is 35.5. The standard InChI is InChI=1S/C21H25ClN2O3.C2H6/c22-19-8-6-18(7-9-19)21(17-4-2-1-3-5-17)24-12-10-23(11-13-24)14-15-27-16-20(25)26;1-2/h1-9,21H,10-16H2,(H,25,26);1-2H3/t21-;/m1./s1. The lowest BCUT2D eigenvalue weighted by Gasteiger charge is -2.39. The molecule has 158 valence electrons. The van der Waals surface area contributed by atoms with E-state index in [9.17, 15) is 4.79 Å². The first-order valence-electron chi connectivity index (χ1n) is 10.2. The molecule has 2 aromatic rings. The van der Waals surface area contributed by atoms with E-state index in [-0.39, 0.29) is 12.6 Å². The van der Waals surface area contributed by atoms with Crippen molar-refractivity contribution in [2.24, 2.45) is 0 Å². The lowest BCUT2D eigenvalue weighted by molar-refractivity contribution is -0.142. The summed E-state index contributed by atoms with van der Waals surface area (Å²) in [6.07, 6.45) is 0. The molecule has 6 heteroatoms. The van der Waals surface area contributed by atoms with Crippen LogP contribution in [0.1, 0.15) is 31.0 Å². The molecular formula is C23H31ClN2O3. The fourth-order valence-electron chi connectivity index (χ4n) is 3.49. The van der Waals surface area contributed by atoms with Gasteiger partial charge in [0.15, 0.2) is 0 Å². The number of nitrogens with zero attached hydrogens (tertiary/aromatic N) is 2. The lowest BCUT2D eigenvalue weighted by Crippen LogP contribution is -2.48. The molecule has 1 N–H and O–H groups in total. The van der Waals surface area contributed by atoms with Crippen LogP contribution in [0, 0.1) is 0 Å². The van der Waals surface area contributed by atoms with Gasteiger partial charge in [-0.2, -0.15) is 0 Å². The minimum Gasteiger partial charge on any atom is -0.480 e. The third-order valence-corrected chi connectivity index (χ3v) is 5.10. The van der Waals surface area contributed by atoms with Gasteiger partial charge in [-0.3, -0.25) is 9.80 Å². The highest BCUT2D eigenvalue weighted by Gasteiger charge is 2.26. The number of ether oxygens (including phenoxy) is 1. The maximum Gasteiger partial charge on any atom is 0.329 e. The molecule has 0 unspecified atom stereocenters. The van der Waals surface area contributed by atoms with Crippen molar-refractivity contribution >= 4 is 17.6 Å². The van der Waals surface area contributed by atoms with Crippen molar-refractivity contribution in [3.8, 4) is 0 Å². The molecule has 1 atom stereocenters. The number of carboxylic acid groups (broad SMARTS) is 1. The molecule has 0 radical (unpaired) electrons. The summed E-state index contributed by atoms with van der Waals surface area (Å²) in [6.45, 7) is 8.75. The molecular weight excluding hydrogens is 388 g/mol. The van der Waals surface area contributed by atoms with Gasteiger partial charge in [0, 0.05) is 37.7 Å². The number of aliphatic carboxylic acids is 1. The van der Waals surface area contributed by atoms with Crippen LogP contribution >= 0.6 is 11.6 Å². The highest BCUT2D eigenvalue weighted by molar-refractivity contribution is 6.30. The van der Waals surface area contributed by atoms with Crippen molar-refractivity contribution in [2.75, 3.05) is 45.9 Å². The van der Waals surface area contributed by atoms with E-state index in [1.54, 1.807) is 0 Å². The number of rotatable bonds is 8. The van der Waals surface area contributed by atoms with Gasteiger partial charge in [-0.05, 0) is 23.3 Å². The van der Waals surface area contributed by atoms with E-state index in [4.69, 9.17) is 21.4 Å². The molecule has 0 amide bonds. The molecule has 0 spiro atoms. The maximum absolute atomic E-state index is 10.5. The van der Waals surface area contributed by atoms with E-state index in [2.05, 4.69) is 46.2 Å². The summed E-state index contributed by atoms with van der Waals surface area (Å²) in [5.41, 5.74) is 2.52. The number of halogens is 1. The maximum atomic E-state index is 10.5. The van der Waals surface area contributed by atoms with Crippen LogP contribution < -0.4 is 0 Å². The summed E-state index contributed by atoms with van der Waals surface area (Å²) in [7, 11) is 0. The summed E-state index contributed by atoms with van der Waals surface area (Å²) in [6, 6.07) is 18.8. The van der Waals surface area contributed by atoms with Gasteiger partial charge in [-0.25, -0.2) is 4.79 Å². The first kappa shape index (κ1) is 23.4. The molecule has 0 bridgehead atoms. The smallest absolute Gasteiger partial charge is 0.329 e. The molecule has 1 aliphatic heterocycles. The Bertz CT molecular complexity index is 717. The number of hydrogen-bond donors (Lipinski definition) is 1. The predicted molar refractivity (Wildman–Crippen MR) is 118 cm³/mol. The van der Waals surface area contributed by atoms with Gasteiger partial charge in [0.05, 0.1) is 12.6 Å². The van der Waals surface area contributed by atoms with Gasteiger partial charge < -0.3 is 9.84 Å². The predicted octanol–water partition coefficient (Wildman–Crippen LogP) is 4.17. The van der Waals surface area contributed by atoms with Crippen molar-refractivity contribution in [3.63, 3.8) is 0 Å². The minimum absolute atomic E-state index is 0.203. The summed E-state index contributed by atoms with van der Waals surface area (Å²) in [5.74, 6) is -0.923. The third kappa shape index (κ3) is 7.44. The van der Waals surface area contributed by atoms with Crippen LogP contribution in [-0.4, -0.2) is 66.8 Å². The molecule has 1 aliphatic rings. The Balaban J connectivity index is 0.00000145. The zero-order valence-electron chi connectivity index (χ0n) is 17.3. The van der Waals surface area contributed by atoms with E-state index < -0.39 is 5.97 Å². The number of hydrogen-bond acceptors (Lipinski definition) is 4. The zero-order valence-corrected chi connectivity index (χ0v) is 18.0. The average molecular weight is 419 g/mol. The highest BCUT2D eigenvalue weighted by Crippen LogP contribution is 2.30. The molecule has 29 heavy (non-hydrogen) atoms. The molecule has 1 saturated heterocycles. The van der Waals surface area contributed by atoms with Gasteiger partial charge in [-0.1, -0.05) is 67.9 Å². The summed E-state index contributed by atoms with van der Waals surface area (Å²) >= 11 is 6.08. The molecule has 5 nitrogen and oxygen atoms in total. The van der Waals surface area contributed by atoms with Crippen LogP contribution in [0.3, 0.4) is 0 Å².